The van der Waals surface area contributed by atoms with Gasteiger partial charge in [0.25, 0.3) is 0 Å². The van der Waals surface area contributed by atoms with Gasteiger partial charge < -0.3 is 5.73 Å². The standard InChI is InChI=1S/C7H15NO2S/c1-3-4-11(9,10)6-7(2)5-8/h3,7H,1,4-6,8H2,2H3. The van der Waals surface area contributed by atoms with Crippen molar-refractivity contribution in [2.24, 2.45) is 11.7 Å². The van der Waals surface area contributed by atoms with Crippen LogP contribution in [-0.2, 0) is 9.84 Å². The molecule has 0 aliphatic rings. The normalized spacial score (nSPS) is 14.4. The van der Waals surface area contributed by atoms with Gasteiger partial charge in [0.15, 0.2) is 9.84 Å². The van der Waals surface area contributed by atoms with Crippen molar-refractivity contribution in [3.8, 4) is 0 Å². The molecule has 0 saturated heterocycles. The van der Waals surface area contributed by atoms with Crippen LogP contribution in [0.5, 0.6) is 0 Å². The van der Waals surface area contributed by atoms with Crippen LogP contribution in [0.3, 0.4) is 0 Å². The average molecular weight is 177 g/mol. The van der Waals surface area contributed by atoms with Crippen LogP contribution in [0.4, 0.5) is 0 Å². The first-order chi connectivity index (χ1) is 5.02. The van der Waals surface area contributed by atoms with Crippen molar-refractivity contribution in [1.82, 2.24) is 0 Å². The van der Waals surface area contributed by atoms with Gasteiger partial charge in [-0.15, -0.1) is 6.58 Å². The Morgan fingerprint density at radius 1 is 1.64 bits per heavy atom. The van der Waals surface area contributed by atoms with Crippen LogP contribution in [0.2, 0.25) is 0 Å². The lowest BCUT2D eigenvalue weighted by atomic mass is 10.2. The summed E-state index contributed by atoms with van der Waals surface area (Å²) in [6, 6.07) is 0. The predicted octanol–water partition coefficient (Wildman–Crippen LogP) is 0.182. The molecule has 0 amide bonds. The molecule has 2 N–H and O–H groups in total. The van der Waals surface area contributed by atoms with Crippen LogP contribution >= 0.6 is 0 Å². The second-order valence-electron chi connectivity index (χ2n) is 2.71. The third-order valence-electron chi connectivity index (χ3n) is 1.31. The van der Waals surface area contributed by atoms with Gasteiger partial charge in [0.05, 0.1) is 11.5 Å². The molecule has 0 spiro atoms. The van der Waals surface area contributed by atoms with E-state index in [4.69, 9.17) is 5.73 Å². The first kappa shape index (κ1) is 10.7. The molecular weight excluding hydrogens is 162 g/mol. The Labute approximate surface area is 68.2 Å². The molecule has 66 valence electrons. The Balaban J connectivity index is 4.02. The largest absolute Gasteiger partial charge is 0.330 e. The maximum atomic E-state index is 11.1. The minimum atomic E-state index is -2.94. The highest BCUT2D eigenvalue weighted by atomic mass is 32.2. The summed E-state index contributed by atoms with van der Waals surface area (Å²) in [6.45, 7) is 5.60. The first-order valence-corrected chi connectivity index (χ1v) is 5.35. The SMILES string of the molecule is C=CCS(=O)(=O)CC(C)CN. The van der Waals surface area contributed by atoms with Crippen LogP contribution in [0, 0.1) is 5.92 Å². The fourth-order valence-electron chi connectivity index (χ4n) is 0.749. The van der Waals surface area contributed by atoms with Crippen molar-refractivity contribution in [2.75, 3.05) is 18.1 Å². The lowest BCUT2D eigenvalue weighted by Crippen LogP contribution is -2.22. The molecule has 0 aromatic heterocycles. The van der Waals surface area contributed by atoms with E-state index < -0.39 is 9.84 Å². The van der Waals surface area contributed by atoms with Gasteiger partial charge in [0.1, 0.15) is 0 Å². The molecule has 0 aromatic carbocycles. The summed E-state index contributed by atoms with van der Waals surface area (Å²) in [6.07, 6.45) is 1.40. The second kappa shape index (κ2) is 4.51. The van der Waals surface area contributed by atoms with E-state index in [2.05, 4.69) is 6.58 Å². The molecule has 0 fully saturated rings. The molecule has 0 heterocycles. The summed E-state index contributed by atoms with van der Waals surface area (Å²) in [4.78, 5) is 0. The Morgan fingerprint density at radius 2 is 2.18 bits per heavy atom. The van der Waals surface area contributed by atoms with E-state index in [-0.39, 0.29) is 17.4 Å². The molecule has 0 aromatic rings. The van der Waals surface area contributed by atoms with Crippen LogP contribution in [0.25, 0.3) is 0 Å². The molecule has 0 aliphatic heterocycles. The number of sulfone groups is 1. The van der Waals surface area contributed by atoms with Crippen LogP contribution in [0.15, 0.2) is 12.7 Å². The van der Waals surface area contributed by atoms with Gasteiger partial charge in [-0.25, -0.2) is 8.42 Å². The van der Waals surface area contributed by atoms with E-state index in [9.17, 15) is 8.42 Å². The number of hydrogen-bond acceptors (Lipinski definition) is 3. The summed E-state index contributed by atoms with van der Waals surface area (Å²) >= 11 is 0. The second-order valence-corrected chi connectivity index (χ2v) is 4.86. The quantitative estimate of drug-likeness (QED) is 0.609. The van der Waals surface area contributed by atoms with Crippen molar-refractivity contribution in [2.45, 2.75) is 6.92 Å². The van der Waals surface area contributed by atoms with E-state index in [1.54, 1.807) is 0 Å². The zero-order chi connectivity index (χ0) is 8.91. The molecule has 0 bridgehead atoms. The average Bonchev–Trinajstić information content (AvgIpc) is 1.86. The molecule has 4 heteroatoms. The minimum Gasteiger partial charge on any atom is -0.330 e. The fraction of sp³-hybridized carbons (Fsp3) is 0.714. The van der Waals surface area contributed by atoms with Gasteiger partial charge in [-0.3, -0.25) is 0 Å². The highest BCUT2D eigenvalue weighted by Crippen LogP contribution is 1.99. The minimum absolute atomic E-state index is 0.0416. The summed E-state index contributed by atoms with van der Waals surface area (Å²) in [5.41, 5.74) is 5.29. The smallest absolute Gasteiger partial charge is 0.154 e. The highest BCUT2D eigenvalue weighted by Gasteiger charge is 2.12. The van der Waals surface area contributed by atoms with Crippen molar-refractivity contribution < 1.29 is 8.42 Å². The predicted molar refractivity (Wildman–Crippen MR) is 47.1 cm³/mol. The molecular formula is C7H15NO2S. The molecule has 0 radical (unpaired) electrons. The molecule has 1 unspecified atom stereocenters. The molecule has 11 heavy (non-hydrogen) atoms. The Kier molecular flexibility index (Phi) is 4.37. The van der Waals surface area contributed by atoms with Gasteiger partial charge in [-0.05, 0) is 12.5 Å². The van der Waals surface area contributed by atoms with E-state index >= 15 is 0 Å². The van der Waals surface area contributed by atoms with Gasteiger partial charge >= 0.3 is 0 Å². The number of rotatable bonds is 5. The summed E-state index contributed by atoms with van der Waals surface area (Å²) in [5.74, 6) is 0.257. The van der Waals surface area contributed by atoms with Crippen LogP contribution < -0.4 is 5.73 Å². The van der Waals surface area contributed by atoms with Gasteiger partial charge in [0.2, 0.25) is 0 Å². The zero-order valence-electron chi connectivity index (χ0n) is 6.79. The van der Waals surface area contributed by atoms with Crippen LogP contribution in [0.1, 0.15) is 6.92 Å². The Hall–Kier alpha value is -0.350. The third kappa shape index (κ3) is 4.98. The Morgan fingerprint density at radius 3 is 2.55 bits per heavy atom. The van der Waals surface area contributed by atoms with Crippen molar-refractivity contribution in [3.63, 3.8) is 0 Å². The topological polar surface area (TPSA) is 60.2 Å². The monoisotopic (exact) mass is 177 g/mol. The summed E-state index contributed by atoms with van der Waals surface area (Å²) < 4.78 is 22.1. The number of nitrogens with two attached hydrogens (primary N) is 1. The van der Waals surface area contributed by atoms with Gasteiger partial charge in [-0.1, -0.05) is 13.0 Å². The molecule has 3 nitrogen and oxygen atoms in total. The fourth-order valence-corrected chi connectivity index (χ4v) is 2.25. The number of hydrogen-bond donors (Lipinski definition) is 1. The molecule has 0 aliphatic carbocycles. The maximum Gasteiger partial charge on any atom is 0.154 e. The molecule has 0 rings (SSSR count). The third-order valence-corrected chi connectivity index (χ3v) is 3.13. The van der Waals surface area contributed by atoms with E-state index in [0.717, 1.165) is 0 Å². The van der Waals surface area contributed by atoms with Crippen LogP contribution in [-0.4, -0.2) is 26.5 Å². The van der Waals surface area contributed by atoms with E-state index in [1.807, 2.05) is 6.92 Å². The Bertz CT molecular complexity index is 208. The molecule has 0 saturated carbocycles. The first-order valence-electron chi connectivity index (χ1n) is 3.53. The lowest BCUT2D eigenvalue weighted by molar-refractivity contribution is 0.576. The van der Waals surface area contributed by atoms with Gasteiger partial charge in [0, 0.05) is 0 Å². The van der Waals surface area contributed by atoms with Gasteiger partial charge in [-0.2, -0.15) is 0 Å². The van der Waals surface area contributed by atoms with Crippen molar-refractivity contribution >= 4 is 9.84 Å². The van der Waals surface area contributed by atoms with E-state index in [1.165, 1.54) is 6.08 Å². The van der Waals surface area contributed by atoms with E-state index in [0.29, 0.717) is 6.54 Å². The summed E-state index contributed by atoms with van der Waals surface area (Å²) in [5, 5.41) is 0. The van der Waals surface area contributed by atoms with Crippen molar-refractivity contribution in [3.05, 3.63) is 12.7 Å². The van der Waals surface area contributed by atoms with Crippen molar-refractivity contribution in [1.29, 1.82) is 0 Å². The molecule has 1 atom stereocenters. The lowest BCUT2D eigenvalue weighted by Gasteiger charge is -2.06. The summed E-state index contributed by atoms with van der Waals surface area (Å²) in [7, 11) is -2.94. The maximum absolute atomic E-state index is 11.1. The zero-order valence-corrected chi connectivity index (χ0v) is 7.60. The highest BCUT2D eigenvalue weighted by molar-refractivity contribution is 7.91.